The van der Waals surface area contributed by atoms with Crippen LogP contribution in [0.1, 0.15) is 31.2 Å². The lowest BCUT2D eigenvalue weighted by molar-refractivity contribution is -0.192. The van der Waals surface area contributed by atoms with Gasteiger partial charge in [0.1, 0.15) is 0 Å². The Kier molecular flexibility index (Phi) is 7.30. The van der Waals surface area contributed by atoms with E-state index < -0.39 is 12.1 Å². The Morgan fingerprint density at radius 1 is 1.23 bits per heavy atom. The van der Waals surface area contributed by atoms with Gasteiger partial charge in [-0.1, -0.05) is 6.07 Å². The molecule has 1 N–H and O–H groups in total. The zero-order valence-corrected chi connectivity index (χ0v) is 16.6. The third-order valence-corrected chi connectivity index (χ3v) is 5.88. The Bertz CT molecular complexity index is 726. The molecule has 4 rings (SSSR count). The van der Waals surface area contributed by atoms with E-state index in [0.717, 1.165) is 52.1 Å². The SMILES string of the molecule is O=C(O)C(F)(F)F.O=C1C[C@H]2[C@@H](CCN2Cc2cccnc2)N1CC1CCOCC1. The minimum absolute atomic E-state index is 0.349. The number of likely N-dealkylation sites (tertiary alicyclic amines) is 2. The van der Waals surface area contributed by atoms with E-state index in [1.165, 1.54) is 5.56 Å². The molecule has 30 heavy (non-hydrogen) atoms. The first-order valence-corrected chi connectivity index (χ1v) is 10.1. The Balaban J connectivity index is 0.000000318. The molecule has 1 aromatic heterocycles. The van der Waals surface area contributed by atoms with E-state index in [1.807, 2.05) is 18.5 Å². The summed E-state index contributed by atoms with van der Waals surface area (Å²) in [6.07, 6.45) is 2.66. The third-order valence-electron chi connectivity index (χ3n) is 5.88. The number of carbonyl (C=O) groups is 2. The maximum absolute atomic E-state index is 12.5. The molecule has 0 radical (unpaired) electrons. The maximum atomic E-state index is 12.5. The van der Waals surface area contributed by atoms with Gasteiger partial charge in [-0.15, -0.1) is 0 Å². The predicted octanol–water partition coefficient (Wildman–Crippen LogP) is 2.32. The number of carbonyl (C=O) groups excluding carboxylic acids is 1. The van der Waals surface area contributed by atoms with Crippen LogP contribution in [0.5, 0.6) is 0 Å². The van der Waals surface area contributed by atoms with Crippen LogP contribution in [0.25, 0.3) is 0 Å². The van der Waals surface area contributed by atoms with Crippen molar-refractivity contribution in [3.8, 4) is 0 Å². The number of carboxylic acids is 1. The number of carboxylic acid groups (broad SMARTS) is 1. The van der Waals surface area contributed by atoms with Crippen molar-refractivity contribution < 1.29 is 32.6 Å². The highest BCUT2D eigenvalue weighted by molar-refractivity contribution is 5.80. The van der Waals surface area contributed by atoms with Gasteiger partial charge in [-0.2, -0.15) is 13.2 Å². The maximum Gasteiger partial charge on any atom is 0.490 e. The van der Waals surface area contributed by atoms with Crippen LogP contribution in [0.4, 0.5) is 13.2 Å². The second kappa shape index (κ2) is 9.74. The molecule has 0 bridgehead atoms. The van der Waals surface area contributed by atoms with E-state index >= 15 is 0 Å². The van der Waals surface area contributed by atoms with Gasteiger partial charge in [0, 0.05) is 63.7 Å². The minimum Gasteiger partial charge on any atom is -0.475 e. The van der Waals surface area contributed by atoms with Gasteiger partial charge in [-0.3, -0.25) is 14.7 Å². The van der Waals surface area contributed by atoms with E-state index in [9.17, 15) is 18.0 Å². The number of halogens is 3. The molecule has 166 valence electrons. The molecule has 7 nitrogen and oxygen atoms in total. The first kappa shape index (κ1) is 22.5. The van der Waals surface area contributed by atoms with Crippen molar-refractivity contribution in [2.75, 3.05) is 26.3 Å². The Morgan fingerprint density at radius 2 is 1.93 bits per heavy atom. The number of alkyl halides is 3. The minimum atomic E-state index is -5.08. The molecule has 3 aliphatic heterocycles. The van der Waals surface area contributed by atoms with Crippen LogP contribution in [0.15, 0.2) is 24.5 Å². The third kappa shape index (κ3) is 5.69. The number of amides is 1. The summed E-state index contributed by atoms with van der Waals surface area (Å²) in [5.74, 6) is -1.78. The molecule has 0 aromatic carbocycles. The summed E-state index contributed by atoms with van der Waals surface area (Å²) < 4.78 is 37.2. The highest BCUT2D eigenvalue weighted by Crippen LogP contribution is 2.34. The number of ether oxygens (including phenoxy) is 1. The first-order valence-electron chi connectivity index (χ1n) is 10.1. The highest BCUT2D eigenvalue weighted by atomic mass is 19.4. The molecule has 0 saturated carbocycles. The lowest BCUT2D eigenvalue weighted by Crippen LogP contribution is -2.40. The van der Waals surface area contributed by atoms with Gasteiger partial charge in [0.05, 0.1) is 0 Å². The summed E-state index contributed by atoms with van der Waals surface area (Å²) in [4.78, 5) is 30.3. The van der Waals surface area contributed by atoms with Gasteiger partial charge in [-0.05, 0) is 36.8 Å². The number of pyridine rings is 1. The zero-order valence-electron chi connectivity index (χ0n) is 16.6. The summed E-state index contributed by atoms with van der Waals surface area (Å²) in [6, 6.07) is 4.92. The van der Waals surface area contributed by atoms with Crippen LogP contribution in [0.2, 0.25) is 0 Å². The average Bonchev–Trinajstić information content (AvgIpc) is 3.23. The number of aromatic nitrogens is 1. The number of nitrogens with zero attached hydrogens (tertiary/aromatic N) is 3. The Hall–Kier alpha value is -2.20. The molecule has 3 fully saturated rings. The topological polar surface area (TPSA) is 83.0 Å². The lowest BCUT2D eigenvalue weighted by atomic mass is 9.99. The van der Waals surface area contributed by atoms with Crippen molar-refractivity contribution in [1.82, 2.24) is 14.8 Å². The van der Waals surface area contributed by atoms with E-state index in [4.69, 9.17) is 14.6 Å². The molecule has 3 aliphatic rings. The molecular weight excluding hydrogens is 403 g/mol. The number of hydrogen-bond donors (Lipinski definition) is 1. The fourth-order valence-corrected chi connectivity index (χ4v) is 4.38. The molecule has 2 atom stereocenters. The second-order valence-electron chi connectivity index (χ2n) is 7.86. The summed E-state index contributed by atoms with van der Waals surface area (Å²) in [6.45, 7) is 4.64. The molecular formula is C20H26F3N3O4. The fourth-order valence-electron chi connectivity index (χ4n) is 4.38. The Labute approximate surface area is 172 Å². The van der Waals surface area contributed by atoms with E-state index in [1.54, 1.807) is 0 Å². The monoisotopic (exact) mass is 429 g/mol. The van der Waals surface area contributed by atoms with Crippen molar-refractivity contribution in [2.24, 2.45) is 5.92 Å². The molecule has 1 amide bonds. The van der Waals surface area contributed by atoms with E-state index in [2.05, 4.69) is 20.9 Å². The van der Waals surface area contributed by atoms with Gasteiger partial charge in [0.2, 0.25) is 5.91 Å². The number of hydrogen-bond acceptors (Lipinski definition) is 5. The fraction of sp³-hybridized carbons (Fsp3) is 0.650. The highest BCUT2D eigenvalue weighted by Gasteiger charge is 2.46. The second-order valence-corrected chi connectivity index (χ2v) is 7.86. The standard InChI is InChI=1S/C18H25N3O2.C2HF3O2/c22-18-10-17-16(21(18)13-14-4-8-23-9-5-14)3-7-20(17)12-15-2-1-6-19-11-15;3-2(4,5)1(6)7/h1-2,6,11,14,16-17H,3-5,7-10,12-13H2;(H,6,7)/t16-,17+;/m1./s1. The van der Waals surface area contributed by atoms with Gasteiger partial charge in [0.15, 0.2) is 0 Å². The zero-order chi connectivity index (χ0) is 21.7. The van der Waals surface area contributed by atoms with Gasteiger partial charge >= 0.3 is 12.1 Å². The summed E-state index contributed by atoms with van der Waals surface area (Å²) in [7, 11) is 0. The van der Waals surface area contributed by atoms with Gasteiger partial charge in [-0.25, -0.2) is 4.79 Å². The summed E-state index contributed by atoms with van der Waals surface area (Å²) in [5, 5.41) is 7.12. The molecule has 0 aliphatic carbocycles. The van der Waals surface area contributed by atoms with Crippen LogP contribution in [-0.2, 0) is 20.9 Å². The molecule has 3 saturated heterocycles. The van der Waals surface area contributed by atoms with E-state index in [0.29, 0.717) is 30.3 Å². The molecule has 0 unspecified atom stereocenters. The predicted molar refractivity (Wildman–Crippen MR) is 100 cm³/mol. The van der Waals surface area contributed by atoms with E-state index in [-0.39, 0.29) is 0 Å². The summed E-state index contributed by atoms with van der Waals surface area (Å²) >= 11 is 0. The van der Waals surface area contributed by atoms with Crippen LogP contribution >= 0.6 is 0 Å². The van der Waals surface area contributed by atoms with Crippen molar-refractivity contribution >= 4 is 11.9 Å². The summed E-state index contributed by atoms with van der Waals surface area (Å²) in [5.41, 5.74) is 1.24. The van der Waals surface area contributed by atoms with Crippen LogP contribution in [-0.4, -0.2) is 76.3 Å². The lowest BCUT2D eigenvalue weighted by Gasteiger charge is -2.31. The molecule has 0 spiro atoms. The van der Waals surface area contributed by atoms with Crippen molar-refractivity contribution in [1.29, 1.82) is 0 Å². The first-order chi connectivity index (χ1) is 14.3. The normalized spacial score (nSPS) is 25.0. The quantitative estimate of drug-likeness (QED) is 0.791. The van der Waals surface area contributed by atoms with Crippen molar-refractivity contribution in [3.05, 3.63) is 30.1 Å². The smallest absolute Gasteiger partial charge is 0.475 e. The van der Waals surface area contributed by atoms with Crippen molar-refractivity contribution in [2.45, 2.75) is 50.5 Å². The van der Waals surface area contributed by atoms with Crippen LogP contribution < -0.4 is 0 Å². The molecule has 1 aromatic rings. The molecule has 4 heterocycles. The number of aliphatic carboxylic acids is 1. The average molecular weight is 429 g/mol. The van der Waals surface area contributed by atoms with Crippen LogP contribution in [0, 0.1) is 5.92 Å². The Morgan fingerprint density at radius 3 is 2.53 bits per heavy atom. The van der Waals surface area contributed by atoms with Gasteiger partial charge in [0.25, 0.3) is 0 Å². The van der Waals surface area contributed by atoms with Crippen molar-refractivity contribution in [3.63, 3.8) is 0 Å². The van der Waals surface area contributed by atoms with Crippen LogP contribution in [0.3, 0.4) is 0 Å². The largest absolute Gasteiger partial charge is 0.490 e. The number of fused-ring (bicyclic) bond motifs is 1. The molecule has 10 heteroatoms. The van der Waals surface area contributed by atoms with Gasteiger partial charge < -0.3 is 14.7 Å². The number of rotatable bonds is 4.